The highest BCUT2D eigenvalue weighted by Crippen LogP contribution is 2.66. The van der Waals surface area contributed by atoms with E-state index in [4.69, 9.17) is 18.9 Å². The molecule has 5 aromatic rings. The summed E-state index contributed by atoms with van der Waals surface area (Å²) in [4.78, 5) is 68.6. The van der Waals surface area contributed by atoms with Crippen LogP contribution in [0.25, 0.3) is 0 Å². The van der Waals surface area contributed by atoms with Crippen molar-refractivity contribution >= 4 is 29.6 Å². The Morgan fingerprint density at radius 2 is 1.58 bits per heavy atom. The summed E-state index contributed by atoms with van der Waals surface area (Å²) in [5, 5.41) is 22.4. The Morgan fingerprint density at radius 3 is 2.30 bits per heavy atom. The Morgan fingerprint density at radius 1 is 0.828 bits per heavy atom. The Balaban J connectivity index is 1.43. The van der Waals surface area contributed by atoms with Crippen LogP contribution in [-0.2, 0) is 40.4 Å². The van der Waals surface area contributed by atoms with Gasteiger partial charge in [0.25, 0.3) is 0 Å². The molecule has 0 aliphatic carbocycles. The average molecular weight is 865 g/mol. The van der Waals surface area contributed by atoms with Crippen LogP contribution < -0.4 is 15.0 Å². The number of carbonyl (C=O) groups is 4. The second-order valence-corrected chi connectivity index (χ2v) is 15.5. The molecule has 1 aromatic heterocycles. The van der Waals surface area contributed by atoms with E-state index in [2.05, 4.69) is 22.1 Å². The van der Waals surface area contributed by atoms with Gasteiger partial charge in [-0.05, 0) is 64.7 Å². The number of fused-ring (bicyclic) bond motifs is 3. The van der Waals surface area contributed by atoms with Crippen molar-refractivity contribution in [3.63, 3.8) is 0 Å². The first-order chi connectivity index (χ1) is 31.3. The van der Waals surface area contributed by atoms with Gasteiger partial charge in [-0.3, -0.25) is 24.3 Å². The summed E-state index contributed by atoms with van der Waals surface area (Å²) < 4.78 is 23.3. The number of amides is 3. The first kappa shape index (κ1) is 43.7. The fraction of sp³-hybridized carbons (Fsp3) is 0.300. The van der Waals surface area contributed by atoms with Crippen molar-refractivity contribution in [2.75, 3.05) is 51.6 Å². The van der Waals surface area contributed by atoms with Crippen LogP contribution in [0.1, 0.15) is 58.1 Å². The van der Waals surface area contributed by atoms with E-state index in [1.807, 2.05) is 77.7 Å². The van der Waals surface area contributed by atoms with Crippen LogP contribution in [0.5, 0.6) is 5.75 Å². The normalized spacial score (nSPS) is 22.2. The van der Waals surface area contributed by atoms with Crippen LogP contribution in [0.2, 0.25) is 0 Å². The maximum absolute atomic E-state index is 16.2. The van der Waals surface area contributed by atoms with E-state index in [-0.39, 0.29) is 57.3 Å². The van der Waals surface area contributed by atoms with Gasteiger partial charge in [-0.25, -0.2) is 9.69 Å². The van der Waals surface area contributed by atoms with Gasteiger partial charge in [-0.15, -0.1) is 0 Å². The number of imide groups is 1. The van der Waals surface area contributed by atoms with E-state index in [1.54, 1.807) is 54.7 Å². The van der Waals surface area contributed by atoms with Gasteiger partial charge in [0.1, 0.15) is 36.5 Å². The number of rotatable bonds is 14. The average Bonchev–Trinajstić information content (AvgIpc) is 3.78. The highest BCUT2D eigenvalue weighted by molar-refractivity contribution is 6.23. The lowest BCUT2D eigenvalue weighted by molar-refractivity contribution is -0.178. The number of anilines is 1. The fourth-order valence-corrected chi connectivity index (χ4v) is 9.37. The SMILES string of the molecule is COCCOC(=O)N1C(=O)C2(c3cc(C#CCCO)ccc31)C(C(=O)NCCc1ccccn1)C1C(=O)OC(c3ccccc3)C(c3ccccc3)N1C2c1cccc(OCCO)c1. The van der Waals surface area contributed by atoms with Gasteiger partial charge in [0.2, 0.25) is 11.8 Å². The number of carbonyl (C=O) groups excluding carboxylic acids is 4. The van der Waals surface area contributed by atoms with Crippen LogP contribution in [-0.4, -0.2) is 96.7 Å². The van der Waals surface area contributed by atoms with Gasteiger partial charge in [0.05, 0.1) is 43.5 Å². The molecule has 2 fully saturated rings. The highest BCUT2D eigenvalue weighted by Gasteiger charge is 2.75. The minimum atomic E-state index is -2.04. The van der Waals surface area contributed by atoms with Crippen LogP contribution in [0, 0.1) is 17.8 Å². The number of benzene rings is 4. The van der Waals surface area contributed by atoms with Gasteiger partial charge >= 0.3 is 12.1 Å². The molecule has 0 saturated carbocycles. The molecule has 14 heteroatoms. The van der Waals surface area contributed by atoms with E-state index in [1.165, 1.54) is 7.11 Å². The molecule has 3 aliphatic rings. The molecule has 4 aromatic carbocycles. The molecule has 1 spiro atoms. The van der Waals surface area contributed by atoms with Gasteiger partial charge in [-0.2, -0.15) is 0 Å². The molecule has 2 saturated heterocycles. The highest BCUT2D eigenvalue weighted by atomic mass is 16.6. The molecular formula is C50H48N4O10. The third kappa shape index (κ3) is 8.22. The number of esters is 1. The first-order valence-electron chi connectivity index (χ1n) is 21.2. The van der Waals surface area contributed by atoms with Crippen molar-refractivity contribution in [3.05, 3.63) is 161 Å². The summed E-state index contributed by atoms with van der Waals surface area (Å²) in [5.74, 6) is 2.69. The lowest BCUT2D eigenvalue weighted by Crippen LogP contribution is -2.56. The second kappa shape index (κ2) is 19.7. The Labute approximate surface area is 370 Å². The van der Waals surface area contributed by atoms with Crippen molar-refractivity contribution in [2.24, 2.45) is 5.92 Å². The summed E-state index contributed by atoms with van der Waals surface area (Å²) in [6.07, 6.45) is 0.249. The van der Waals surface area contributed by atoms with Crippen molar-refractivity contribution in [1.82, 2.24) is 15.2 Å². The molecule has 3 N–H and O–H groups in total. The van der Waals surface area contributed by atoms with Gasteiger partial charge in [0, 0.05) is 44.0 Å². The molecule has 0 radical (unpaired) electrons. The molecule has 3 amide bonds. The Kier molecular flexibility index (Phi) is 13.4. The predicted molar refractivity (Wildman–Crippen MR) is 234 cm³/mol. The number of hydrogen-bond acceptors (Lipinski definition) is 12. The number of methoxy groups -OCH3 is 1. The molecule has 6 unspecified atom stereocenters. The molecular weight excluding hydrogens is 817 g/mol. The van der Waals surface area contributed by atoms with E-state index in [0.717, 1.165) is 10.5 Å². The van der Waals surface area contributed by atoms with Crippen molar-refractivity contribution in [3.8, 4) is 17.6 Å². The zero-order chi connectivity index (χ0) is 44.6. The van der Waals surface area contributed by atoms with E-state index >= 15 is 14.4 Å². The molecule has 0 bridgehead atoms. The number of ether oxygens (including phenoxy) is 4. The summed E-state index contributed by atoms with van der Waals surface area (Å²) in [7, 11) is 1.46. The predicted octanol–water partition coefficient (Wildman–Crippen LogP) is 4.99. The zero-order valence-corrected chi connectivity index (χ0v) is 35.2. The number of morpholine rings is 1. The van der Waals surface area contributed by atoms with Gasteiger partial charge < -0.3 is 34.5 Å². The quantitative estimate of drug-likeness (QED) is 0.0776. The standard InChI is InChI=1S/C50H48N4O10/c1-61-29-30-63-49(60)53-40-22-21-33(13-9-11-26-55)31-39(40)50(48(53)59)41(46(57)52-25-23-37-19-8-10-24-51-37)43-47(58)64-44(35-16-6-3-7-17-35)42(34-14-4-2-5-15-34)54(43)45(50)36-18-12-20-38(32-36)62-28-27-56/h2-8,10,12,14-22,24,31-32,41-45,55-56H,11,23,25-30H2,1H3,(H,52,57). The third-order valence-corrected chi connectivity index (χ3v) is 11.8. The summed E-state index contributed by atoms with van der Waals surface area (Å²) in [5.41, 5.74) is 1.43. The smallest absolute Gasteiger partial charge is 0.421 e. The second-order valence-electron chi connectivity index (χ2n) is 15.5. The molecule has 3 aliphatic heterocycles. The minimum absolute atomic E-state index is 0.0271. The fourth-order valence-electron chi connectivity index (χ4n) is 9.37. The Hall–Kier alpha value is -6.89. The Bertz CT molecular complexity index is 2530. The molecule has 64 heavy (non-hydrogen) atoms. The summed E-state index contributed by atoms with van der Waals surface area (Å²) in [6, 6.07) is 32.8. The number of aliphatic hydroxyl groups excluding tert-OH is 2. The van der Waals surface area contributed by atoms with E-state index in [9.17, 15) is 15.0 Å². The number of nitrogens with zero attached hydrogens (tertiary/aromatic N) is 3. The molecule has 14 nitrogen and oxygen atoms in total. The lowest BCUT2D eigenvalue weighted by atomic mass is 9.65. The molecule has 4 heterocycles. The number of hydrogen-bond donors (Lipinski definition) is 3. The monoisotopic (exact) mass is 864 g/mol. The first-order valence-corrected chi connectivity index (χ1v) is 21.2. The van der Waals surface area contributed by atoms with Gasteiger partial charge in [0.15, 0.2) is 0 Å². The summed E-state index contributed by atoms with van der Waals surface area (Å²) in [6.45, 7) is -0.490. The lowest BCUT2D eigenvalue weighted by Gasteiger charge is -2.46. The molecule has 8 rings (SSSR count). The van der Waals surface area contributed by atoms with Gasteiger partial charge in [-0.1, -0.05) is 90.7 Å². The summed E-state index contributed by atoms with van der Waals surface area (Å²) >= 11 is 0. The number of nitrogens with one attached hydrogen (secondary N) is 1. The zero-order valence-electron chi connectivity index (χ0n) is 35.2. The van der Waals surface area contributed by atoms with Crippen LogP contribution in [0.15, 0.2) is 128 Å². The van der Waals surface area contributed by atoms with E-state index < -0.39 is 59.4 Å². The third-order valence-electron chi connectivity index (χ3n) is 11.8. The number of pyridine rings is 1. The topological polar surface area (TPSA) is 177 Å². The maximum atomic E-state index is 16.2. The number of aliphatic hydroxyl groups is 2. The maximum Gasteiger partial charge on any atom is 0.421 e. The van der Waals surface area contributed by atoms with Crippen LogP contribution in [0.3, 0.4) is 0 Å². The van der Waals surface area contributed by atoms with Crippen LogP contribution in [0.4, 0.5) is 10.5 Å². The van der Waals surface area contributed by atoms with Crippen molar-refractivity contribution in [1.29, 1.82) is 0 Å². The number of aromatic nitrogens is 1. The minimum Gasteiger partial charge on any atom is -0.491 e. The van der Waals surface area contributed by atoms with Crippen molar-refractivity contribution in [2.45, 2.75) is 42.5 Å². The molecule has 328 valence electrons. The number of cyclic esters (lactones) is 1. The molecule has 6 atom stereocenters. The van der Waals surface area contributed by atoms with Crippen LogP contribution >= 0.6 is 0 Å². The van der Waals surface area contributed by atoms with Crippen molar-refractivity contribution < 1.29 is 48.3 Å². The van der Waals surface area contributed by atoms with E-state index in [0.29, 0.717) is 34.6 Å². The largest absolute Gasteiger partial charge is 0.491 e.